The second-order valence-electron chi connectivity index (χ2n) is 4.06. The van der Waals surface area contributed by atoms with Crippen LogP contribution in [-0.2, 0) is 0 Å². The van der Waals surface area contributed by atoms with Crippen LogP contribution in [0.1, 0.15) is 0 Å². The van der Waals surface area contributed by atoms with E-state index in [-0.39, 0.29) is 12.3 Å². The van der Waals surface area contributed by atoms with Gasteiger partial charge in [0.15, 0.2) is 5.16 Å². The minimum atomic E-state index is -0.724. The number of nitro benzene ring substituents is 1. The van der Waals surface area contributed by atoms with Crippen molar-refractivity contribution in [2.75, 3.05) is 12.4 Å². The van der Waals surface area contributed by atoms with Gasteiger partial charge in [-0.25, -0.2) is 9.97 Å². The van der Waals surface area contributed by atoms with Crippen LogP contribution >= 0.6 is 11.8 Å². The summed E-state index contributed by atoms with van der Waals surface area (Å²) in [6.07, 6.45) is 2.53. The number of aromatic nitrogens is 2. The van der Waals surface area contributed by atoms with Crippen molar-refractivity contribution in [2.45, 2.75) is 11.3 Å². The molecule has 110 valence electrons. The highest BCUT2D eigenvalue weighted by Crippen LogP contribution is 2.19. The van der Waals surface area contributed by atoms with E-state index < -0.39 is 11.0 Å². The van der Waals surface area contributed by atoms with E-state index in [0.29, 0.717) is 16.7 Å². The van der Waals surface area contributed by atoms with Gasteiger partial charge >= 0.3 is 0 Å². The molecule has 0 bridgehead atoms. The van der Waals surface area contributed by atoms with E-state index in [1.165, 1.54) is 30.0 Å². The van der Waals surface area contributed by atoms with Crippen molar-refractivity contribution < 1.29 is 14.8 Å². The van der Waals surface area contributed by atoms with Gasteiger partial charge in [0.2, 0.25) is 0 Å². The van der Waals surface area contributed by atoms with Gasteiger partial charge in [-0.3, -0.25) is 10.1 Å². The number of non-ortho nitro benzene ring substituents is 1. The van der Waals surface area contributed by atoms with Gasteiger partial charge in [0.1, 0.15) is 12.4 Å². The van der Waals surface area contributed by atoms with Crippen LogP contribution in [0.3, 0.4) is 0 Å². The number of ether oxygens (including phenoxy) is 1. The maximum Gasteiger partial charge on any atom is 0.273 e. The lowest BCUT2D eigenvalue weighted by Crippen LogP contribution is -2.20. The third-order valence-corrected chi connectivity index (χ3v) is 3.44. The third-order valence-electron chi connectivity index (χ3n) is 2.42. The van der Waals surface area contributed by atoms with Gasteiger partial charge in [0, 0.05) is 24.2 Å². The number of benzene rings is 1. The molecule has 0 aliphatic rings. The van der Waals surface area contributed by atoms with E-state index in [2.05, 4.69) is 9.97 Å². The molecule has 7 nitrogen and oxygen atoms in total. The highest BCUT2D eigenvalue weighted by Gasteiger charge is 2.10. The Morgan fingerprint density at radius 1 is 1.33 bits per heavy atom. The minimum Gasteiger partial charge on any atom is -0.491 e. The fourth-order valence-corrected chi connectivity index (χ4v) is 2.17. The van der Waals surface area contributed by atoms with Crippen LogP contribution in [0.2, 0.25) is 0 Å². The van der Waals surface area contributed by atoms with Gasteiger partial charge in [-0.2, -0.15) is 0 Å². The zero-order valence-electron chi connectivity index (χ0n) is 11.0. The van der Waals surface area contributed by atoms with Crippen LogP contribution in [0, 0.1) is 10.1 Å². The van der Waals surface area contributed by atoms with Crippen LogP contribution in [0.5, 0.6) is 5.75 Å². The molecular formula is C13H13N3O4S. The zero-order valence-corrected chi connectivity index (χ0v) is 11.8. The molecule has 1 unspecified atom stereocenters. The molecule has 0 saturated carbocycles. The Hall–Kier alpha value is -2.19. The monoisotopic (exact) mass is 307 g/mol. The Balaban J connectivity index is 1.80. The SMILES string of the molecule is O=[N+]([O-])c1cccc(OCC(O)CSc2ncccn2)c1. The highest BCUT2D eigenvalue weighted by atomic mass is 32.2. The molecule has 0 fully saturated rings. The number of nitrogens with zero attached hydrogens (tertiary/aromatic N) is 3. The topological polar surface area (TPSA) is 98.4 Å². The van der Waals surface area contributed by atoms with Crippen LogP contribution < -0.4 is 4.74 Å². The third kappa shape index (κ3) is 5.01. The van der Waals surface area contributed by atoms with E-state index in [0.717, 1.165) is 0 Å². The Labute approximate surface area is 125 Å². The molecule has 1 N–H and O–H groups in total. The smallest absolute Gasteiger partial charge is 0.273 e. The van der Waals surface area contributed by atoms with Crippen molar-refractivity contribution in [1.29, 1.82) is 0 Å². The van der Waals surface area contributed by atoms with Gasteiger partial charge in [0.25, 0.3) is 5.69 Å². The molecule has 0 radical (unpaired) electrons. The lowest BCUT2D eigenvalue weighted by Gasteiger charge is -2.11. The van der Waals surface area contributed by atoms with Crippen LogP contribution in [0.4, 0.5) is 5.69 Å². The maximum atomic E-state index is 10.6. The van der Waals surface area contributed by atoms with Gasteiger partial charge in [0.05, 0.1) is 17.1 Å². The van der Waals surface area contributed by atoms with E-state index in [9.17, 15) is 15.2 Å². The van der Waals surface area contributed by atoms with Crippen molar-refractivity contribution in [3.8, 4) is 5.75 Å². The van der Waals surface area contributed by atoms with Crippen LogP contribution in [0.15, 0.2) is 47.9 Å². The lowest BCUT2D eigenvalue weighted by molar-refractivity contribution is -0.384. The van der Waals surface area contributed by atoms with E-state index in [1.54, 1.807) is 24.5 Å². The number of nitro groups is 1. The van der Waals surface area contributed by atoms with Crippen molar-refractivity contribution in [3.05, 3.63) is 52.8 Å². The first kappa shape index (κ1) is 15.2. The van der Waals surface area contributed by atoms with Gasteiger partial charge in [-0.1, -0.05) is 17.8 Å². The lowest BCUT2D eigenvalue weighted by atomic mass is 10.3. The standard InChI is InChI=1S/C13H13N3O4S/c17-11(9-21-13-14-5-2-6-15-13)8-20-12-4-1-3-10(7-12)16(18)19/h1-7,11,17H,8-9H2. The first-order chi connectivity index (χ1) is 10.1. The van der Waals surface area contributed by atoms with Crippen molar-refractivity contribution in [2.24, 2.45) is 0 Å². The molecule has 2 rings (SSSR count). The van der Waals surface area contributed by atoms with Crippen molar-refractivity contribution in [3.63, 3.8) is 0 Å². The van der Waals surface area contributed by atoms with E-state index in [4.69, 9.17) is 4.74 Å². The Bertz CT molecular complexity index is 597. The fraction of sp³-hybridized carbons (Fsp3) is 0.231. The molecule has 0 aliphatic heterocycles. The Morgan fingerprint density at radius 3 is 2.81 bits per heavy atom. The summed E-state index contributed by atoms with van der Waals surface area (Å²) in [7, 11) is 0. The number of thioether (sulfide) groups is 1. The van der Waals surface area contributed by atoms with Crippen molar-refractivity contribution in [1.82, 2.24) is 9.97 Å². The van der Waals surface area contributed by atoms with Crippen molar-refractivity contribution >= 4 is 17.4 Å². The quantitative estimate of drug-likeness (QED) is 0.361. The summed E-state index contributed by atoms with van der Waals surface area (Å²) in [5.41, 5.74) is -0.0472. The Morgan fingerprint density at radius 2 is 2.10 bits per heavy atom. The average molecular weight is 307 g/mol. The van der Waals surface area contributed by atoms with E-state index >= 15 is 0 Å². The van der Waals surface area contributed by atoms with Crippen LogP contribution in [-0.4, -0.2) is 38.5 Å². The maximum absolute atomic E-state index is 10.6. The highest BCUT2D eigenvalue weighted by molar-refractivity contribution is 7.99. The summed E-state index contributed by atoms with van der Waals surface area (Å²) >= 11 is 1.31. The predicted molar refractivity (Wildman–Crippen MR) is 77.4 cm³/mol. The first-order valence-corrected chi connectivity index (χ1v) is 7.09. The molecule has 1 heterocycles. The minimum absolute atomic E-state index is 0.0427. The average Bonchev–Trinajstić information content (AvgIpc) is 2.52. The fourth-order valence-electron chi connectivity index (χ4n) is 1.46. The normalized spacial score (nSPS) is 11.9. The number of rotatable bonds is 7. The summed E-state index contributed by atoms with van der Waals surface area (Å²) < 4.78 is 5.34. The Kier molecular flexibility index (Phi) is 5.47. The molecule has 0 saturated heterocycles. The summed E-state index contributed by atoms with van der Waals surface area (Å²) in [6, 6.07) is 7.55. The van der Waals surface area contributed by atoms with Gasteiger partial charge < -0.3 is 9.84 Å². The summed E-state index contributed by atoms with van der Waals surface area (Å²) in [6.45, 7) is 0.0427. The van der Waals surface area contributed by atoms with Crippen LogP contribution in [0.25, 0.3) is 0 Å². The molecule has 0 amide bonds. The van der Waals surface area contributed by atoms with Gasteiger partial charge in [-0.05, 0) is 12.1 Å². The molecule has 1 aromatic carbocycles. The van der Waals surface area contributed by atoms with E-state index in [1.807, 2.05) is 0 Å². The molecular weight excluding hydrogens is 294 g/mol. The first-order valence-electron chi connectivity index (χ1n) is 6.10. The molecule has 2 aromatic rings. The molecule has 8 heteroatoms. The molecule has 21 heavy (non-hydrogen) atoms. The summed E-state index contributed by atoms with van der Waals surface area (Å²) in [5.74, 6) is 0.725. The second kappa shape index (κ2) is 7.55. The number of hydrogen-bond acceptors (Lipinski definition) is 7. The molecule has 0 spiro atoms. The molecule has 0 aliphatic carbocycles. The zero-order chi connectivity index (χ0) is 15.1. The number of aliphatic hydroxyl groups is 1. The molecule has 1 aromatic heterocycles. The number of aliphatic hydroxyl groups excluding tert-OH is 1. The van der Waals surface area contributed by atoms with Gasteiger partial charge in [-0.15, -0.1) is 0 Å². The largest absolute Gasteiger partial charge is 0.491 e. The second-order valence-corrected chi connectivity index (χ2v) is 5.05. The summed E-state index contributed by atoms with van der Waals surface area (Å²) in [5, 5.41) is 21.0. The number of hydrogen-bond donors (Lipinski definition) is 1. The predicted octanol–water partition coefficient (Wildman–Crippen LogP) is 1.92. The summed E-state index contributed by atoms with van der Waals surface area (Å²) in [4.78, 5) is 18.2. The molecule has 1 atom stereocenters.